The molecule has 6 nitrogen and oxygen atoms in total. The number of alkyl carbamates (subject to hydrolysis) is 1. The molecule has 0 saturated carbocycles. The van der Waals surface area contributed by atoms with E-state index < -0.39 is 18.1 Å². The van der Waals surface area contributed by atoms with Crippen molar-refractivity contribution in [3.05, 3.63) is 12.7 Å². The Bertz CT molecular complexity index is 230. The molecule has 15 heavy (non-hydrogen) atoms. The maximum absolute atomic E-state index is 11.1. The van der Waals surface area contributed by atoms with Crippen LogP contribution in [0.1, 0.15) is 0 Å². The van der Waals surface area contributed by atoms with Crippen molar-refractivity contribution < 1.29 is 19.1 Å². The van der Waals surface area contributed by atoms with Gasteiger partial charge in [0.05, 0.1) is 7.11 Å². The third-order valence-corrected chi connectivity index (χ3v) is 1.62. The van der Waals surface area contributed by atoms with Crippen LogP contribution in [-0.4, -0.2) is 45.4 Å². The van der Waals surface area contributed by atoms with Crippen molar-refractivity contribution in [2.75, 3.05) is 27.3 Å². The molecule has 0 fully saturated rings. The summed E-state index contributed by atoms with van der Waals surface area (Å²) >= 11 is 0. The summed E-state index contributed by atoms with van der Waals surface area (Å²) in [6.45, 7) is 3.64. The van der Waals surface area contributed by atoms with Crippen molar-refractivity contribution in [1.29, 1.82) is 0 Å². The van der Waals surface area contributed by atoms with E-state index in [4.69, 9.17) is 0 Å². The van der Waals surface area contributed by atoms with Crippen LogP contribution in [0.3, 0.4) is 0 Å². The summed E-state index contributed by atoms with van der Waals surface area (Å²) in [5.41, 5.74) is 0. The molecule has 86 valence electrons. The lowest BCUT2D eigenvalue weighted by molar-refractivity contribution is -0.142. The number of likely N-dealkylation sites (N-methyl/N-ethyl adjacent to an activating group) is 1. The lowest BCUT2D eigenvalue weighted by Gasteiger charge is -2.13. The summed E-state index contributed by atoms with van der Waals surface area (Å²) < 4.78 is 9.16. The zero-order chi connectivity index (χ0) is 11.7. The van der Waals surface area contributed by atoms with Crippen LogP contribution in [0, 0.1) is 0 Å². The number of ether oxygens (including phenoxy) is 2. The maximum atomic E-state index is 11.1. The molecule has 0 aromatic rings. The molecular formula is C9H16N2O4. The van der Waals surface area contributed by atoms with Crippen LogP contribution in [0.4, 0.5) is 4.79 Å². The zero-order valence-corrected chi connectivity index (χ0v) is 8.91. The first-order valence-corrected chi connectivity index (χ1v) is 4.42. The maximum Gasteiger partial charge on any atom is 0.407 e. The number of hydrogen-bond donors (Lipinski definition) is 2. The second-order valence-electron chi connectivity index (χ2n) is 2.63. The SMILES string of the molecule is C=CCOC(=O)NCC(NC)C(=O)OC. The van der Waals surface area contributed by atoms with E-state index >= 15 is 0 Å². The van der Waals surface area contributed by atoms with Crippen molar-refractivity contribution in [2.24, 2.45) is 0 Å². The smallest absolute Gasteiger partial charge is 0.407 e. The van der Waals surface area contributed by atoms with Gasteiger partial charge in [-0.1, -0.05) is 12.7 Å². The number of rotatable bonds is 6. The molecule has 0 bridgehead atoms. The summed E-state index contributed by atoms with van der Waals surface area (Å²) in [6.07, 6.45) is 0.856. The van der Waals surface area contributed by atoms with Gasteiger partial charge in [-0.05, 0) is 7.05 Å². The van der Waals surface area contributed by atoms with E-state index in [0.717, 1.165) is 0 Å². The van der Waals surface area contributed by atoms with Crippen molar-refractivity contribution in [3.8, 4) is 0 Å². The molecule has 1 amide bonds. The molecule has 0 aromatic carbocycles. The Hall–Kier alpha value is -1.56. The van der Waals surface area contributed by atoms with Gasteiger partial charge in [0.2, 0.25) is 0 Å². The molecule has 0 radical (unpaired) electrons. The fraction of sp³-hybridized carbons (Fsp3) is 0.556. The molecule has 0 saturated heterocycles. The Balaban J connectivity index is 3.84. The van der Waals surface area contributed by atoms with Gasteiger partial charge in [-0.25, -0.2) is 4.79 Å². The van der Waals surface area contributed by atoms with Crippen LogP contribution >= 0.6 is 0 Å². The van der Waals surface area contributed by atoms with E-state index in [9.17, 15) is 9.59 Å². The second kappa shape index (κ2) is 7.81. The third kappa shape index (κ3) is 5.69. The highest BCUT2D eigenvalue weighted by Gasteiger charge is 2.17. The van der Waals surface area contributed by atoms with Crippen molar-refractivity contribution >= 4 is 12.1 Å². The Morgan fingerprint density at radius 1 is 1.53 bits per heavy atom. The molecule has 0 aliphatic rings. The Kier molecular flexibility index (Phi) is 7.00. The highest BCUT2D eigenvalue weighted by molar-refractivity contribution is 5.77. The topological polar surface area (TPSA) is 76.7 Å². The van der Waals surface area contributed by atoms with E-state index in [1.165, 1.54) is 13.2 Å². The van der Waals surface area contributed by atoms with E-state index in [1.54, 1.807) is 7.05 Å². The quantitative estimate of drug-likeness (QED) is 0.469. The van der Waals surface area contributed by atoms with E-state index in [1.807, 2.05) is 0 Å². The van der Waals surface area contributed by atoms with Gasteiger partial charge < -0.3 is 20.1 Å². The van der Waals surface area contributed by atoms with Gasteiger partial charge in [-0.2, -0.15) is 0 Å². The zero-order valence-electron chi connectivity index (χ0n) is 8.91. The van der Waals surface area contributed by atoms with E-state index in [0.29, 0.717) is 0 Å². The molecule has 1 unspecified atom stereocenters. The van der Waals surface area contributed by atoms with Gasteiger partial charge in [-0.15, -0.1) is 0 Å². The van der Waals surface area contributed by atoms with Crippen LogP contribution < -0.4 is 10.6 Å². The predicted octanol–water partition coefficient (Wildman–Crippen LogP) is -0.340. The van der Waals surface area contributed by atoms with Crippen LogP contribution in [0.5, 0.6) is 0 Å². The minimum atomic E-state index is -0.598. The summed E-state index contributed by atoms with van der Waals surface area (Å²) in [6, 6.07) is -0.578. The number of nitrogens with one attached hydrogen (secondary N) is 2. The minimum Gasteiger partial charge on any atom is -0.468 e. The van der Waals surface area contributed by atoms with Crippen LogP contribution in [0.15, 0.2) is 12.7 Å². The number of hydrogen-bond acceptors (Lipinski definition) is 5. The molecule has 0 aliphatic heterocycles. The van der Waals surface area contributed by atoms with Gasteiger partial charge in [0, 0.05) is 6.54 Å². The Morgan fingerprint density at radius 2 is 2.20 bits per heavy atom. The first kappa shape index (κ1) is 13.4. The van der Waals surface area contributed by atoms with Crippen LogP contribution in [0.25, 0.3) is 0 Å². The Morgan fingerprint density at radius 3 is 2.67 bits per heavy atom. The largest absolute Gasteiger partial charge is 0.468 e. The fourth-order valence-corrected chi connectivity index (χ4v) is 0.817. The monoisotopic (exact) mass is 216 g/mol. The number of carbonyl (C=O) groups is 2. The summed E-state index contributed by atoms with van der Waals surface area (Å²) in [5, 5.41) is 5.11. The highest BCUT2D eigenvalue weighted by Crippen LogP contribution is 1.86. The first-order valence-electron chi connectivity index (χ1n) is 4.42. The molecule has 0 aliphatic carbocycles. The minimum absolute atomic E-state index is 0.110. The van der Waals surface area contributed by atoms with Crippen molar-refractivity contribution in [3.63, 3.8) is 0 Å². The predicted molar refractivity (Wildman–Crippen MR) is 54.4 cm³/mol. The normalized spacial score (nSPS) is 11.3. The molecule has 0 rings (SSSR count). The first-order chi connectivity index (χ1) is 7.15. The lowest BCUT2D eigenvalue weighted by atomic mass is 10.3. The third-order valence-electron chi connectivity index (χ3n) is 1.62. The van der Waals surface area contributed by atoms with Gasteiger partial charge in [0.25, 0.3) is 0 Å². The summed E-state index contributed by atoms with van der Waals surface area (Å²) in [7, 11) is 2.88. The molecular weight excluding hydrogens is 200 g/mol. The molecule has 6 heteroatoms. The molecule has 0 heterocycles. The number of esters is 1. The summed E-state index contributed by atoms with van der Waals surface area (Å²) in [5.74, 6) is -0.443. The second-order valence-corrected chi connectivity index (χ2v) is 2.63. The van der Waals surface area contributed by atoms with Crippen molar-refractivity contribution in [1.82, 2.24) is 10.6 Å². The van der Waals surface area contributed by atoms with Gasteiger partial charge in [-0.3, -0.25) is 4.79 Å². The Labute approximate surface area is 88.6 Å². The van der Waals surface area contributed by atoms with E-state index in [2.05, 4.69) is 26.7 Å². The van der Waals surface area contributed by atoms with Crippen LogP contribution in [-0.2, 0) is 14.3 Å². The fourth-order valence-electron chi connectivity index (χ4n) is 0.817. The average Bonchev–Trinajstić information content (AvgIpc) is 2.26. The highest BCUT2D eigenvalue weighted by atomic mass is 16.5. The molecule has 2 N–H and O–H groups in total. The average molecular weight is 216 g/mol. The number of carbonyl (C=O) groups excluding carboxylic acids is 2. The summed E-state index contributed by atoms with van der Waals surface area (Å²) in [4.78, 5) is 22.0. The number of amides is 1. The standard InChI is InChI=1S/C9H16N2O4/c1-4-5-15-9(13)11-6-7(10-2)8(12)14-3/h4,7,10H,1,5-6H2,2-3H3,(H,11,13). The van der Waals surface area contributed by atoms with Crippen LogP contribution in [0.2, 0.25) is 0 Å². The number of methoxy groups -OCH3 is 1. The van der Waals surface area contributed by atoms with E-state index in [-0.39, 0.29) is 13.2 Å². The molecule has 0 spiro atoms. The van der Waals surface area contributed by atoms with Crippen molar-refractivity contribution in [2.45, 2.75) is 6.04 Å². The van der Waals surface area contributed by atoms with Gasteiger partial charge in [0.15, 0.2) is 0 Å². The molecule has 1 atom stereocenters. The van der Waals surface area contributed by atoms with Gasteiger partial charge in [0.1, 0.15) is 12.6 Å². The molecule has 0 aromatic heterocycles. The van der Waals surface area contributed by atoms with Gasteiger partial charge >= 0.3 is 12.1 Å². The lowest BCUT2D eigenvalue weighted by Crippen LogP contribution is -2.45.